The van der Waals surface area contributed by atoms with Gasteiger partial charge in [-0.05, 0) is 17.9 Å². The van der Waals surface area contributed by atoms with E-state index in [9.17, 15) is 0 Å². The zero-order valence-corrected chi connectivity index (χ0v) is 9.54. The molecular formula is C11H21N3. The Morgan fingerprint density at radius 2 is 1.93 bits per heavy atom. The van der Waals surface area contributed by atoms with Gasteiger partial charge in [0.05, 0.1) is 0 Å². The summed E-state index contributed by atoms with van der Waals surface area (Å²) < 4.78 is 0. The first-order valence-electron chi connectivity index (χ1n) is 5.33. The highest BCUT2D eigenvalue weighted by Gasteiger charge is 2.16. The first-order valence-corrected chi connectivity index (χ1v) is 5.33. The fourth-order valence-corrected chi connectivity index (χ4v) is 1.85. The second-order valence-corrected chi connectivity index (χ2v) is 4.48. The third-order valence-electron chi connectivity index (χ3n) is 2.52. The van der Waals surface area contributed by atoms with Gasteiger partial charge in [0, 0.05) is 24.5 Å². The summed E-state index contributed by atoms with van der Waals surface area (Å²) >= 11 is 0. The molecule has 0 atom stereocenters. The summed E-state index contributed by atoms with van der Waals surface area (Å²) in [6, 6.07) is 2.57. The van der Waals surface area contributed by atoms with Crippen LogP contribution in [0.15, 0.2) is 12.3 Å². The predicted octanol–water partition coefficient (Wildman–Crippen LogP) is 2.18. The number of aromatic nitrogens is 2. The van der Waals surface area contributed by atoms with Crippen molar-refractivity contribution in [1.82, 2.24) is 15.5 Å². The molecule has 14 heavy (non-hydrogen) atoms. The van der Waals surface area contributed by atoms with Crippen molar-refractivity contribution in [2.45, 2.75) is 40.3 Å². The lowest BCUT2D eigenvalue weighted by Crippen LogP contribution is -2.37. The molecule has 0 aromatic carbocycles. The average Bonchev–Trinajstić information content (AvgIpc) is 2.55. The number of nitrogens with zero attached hydrogens (tertiary/aromatic N) is 1. The first kappa shape index (κ1) is 11.2. The minimum atomic E-state index is 0.568. The summed E-state index contributed by atoms with van der Waals surface area (Å²) in [4.78, 5) is 0. The van der Waals surface area contributed by atoms with Crippen LogP contribution in [0, 0.1) is 11.8 Å². The number of H-pyrrole nitrogens is 1. The van der Waals surface area contributed by atoms with Crippen LogP contribution in [0.5, 0.6) is 0 Å². The van der Waals surface area contributed by atoms with Gasteiger partial charge in [-0.25, -0.2) is 0 Å². The Bertz CT molecular complexity index is 231. The fraction of sp³-hybridized carbons (Fsp3) is 0.727. The number of nitrogens with one attached hydrogen (secondary N) is 2. The summed E-state index contributed by atoms with van der Waals surface area (Å²) in [6.45, 7) is 9.89. The lowest BCUT2D eigenvalue weighted by Gasteiger charge is -2.25. The normalized spacial score (nSPS) is 11.9. The Labute approximate surface area is 86.3 Å². The van der Waals surface area contributed by atoms with Crippen molar-refractivity contribution in [3.63, 3.8) is 0 Å². The average molecular weight is 195 g/mol. The fourth-order valence-electron chi connectivity index (χ4n) is 1.85. The van der Waals surface area contributed by atoms with E-state index in [1.54, 1.807) is 6.20 Å². The van der Waals surface area contributed by atoms with Gasteiger partial charge < -0.3 is 5.32 Å². The SMILES string of the molecule is CC(C)C(NCc1ccn[nH]1)C(C)C. The summed E-state index contributed by atoms with van der Waals surface area (Å²) in [7, 11) is 0. The van der Waals surface area contributed by atoms with Crippen molar-refractivity contribution in [1.29, 1.82) is 0 Å². The molecular weight excluding hydrogens is 174 g/mol. The summed E-state index contributed by atoms with van der Waals surface area (Å²) in [5, 5.41) is 10.4. The molecule has 0 spiro atoms. The molecule has 0 unspecified atom stereocenters. The standard InChI is InChI=1S/C11H21N3/c1-8(2)11(9(3)4)12-7-10-5-6-13-14-10/h5-6,8-9,11-12H,7H2,1-4H3,(H,13,14). The highest BCUT2D eigenvalue weighted by molar-refractivity contribution is 4.97. The maximum atomic E-state index is 3.92. The molecule has 0 fully saturated rings. The van der Waals surface area contributed by atoms with E-state index in [1.165, 1.54) is 0 Å². The molecule has 3 nitrogen and oxygen atoms in total. The molecule has 1 heterocycles. The van der Waals surface area contributed by atoms with E-state index in [-0.39, 0.29) is 0 Å². The van der Waals surface area contributed by atoms with E-state index >= 15 is 0 Å². The van der Waals surface area contributed by atoms with Gasteiger partial charge in [-0.1, -0.05) is 27.7 Å². The van der Waals surface area contributed by atoms with Gasteiger partial charge in [0.1, 0.15) is 0 Å². The monoisotopic (exact) mass is 195 g/mol. The molecule has 0 saturated carbocycles. The van der Waals surface area contributed by atoms with Gasteiger partial charge in [0.15, 0.2) is 0 Å². The zero-order chi connectivity index (χ0) is 10.6. The summed E-state index contributed by atoms with van der Waals surface area (Å²) in [6.07, 6.45) is 1.79. The smallest absolute Gasteiger partial charge is 0.0490 e. The van der Waals surface area contributed by atoms with E-state index < -0.39 is 0 Å². The second kappa shape index (κ2) is 5.15. The number of hydrogen-bond acceptors (Lipinski definition) is 2. The molecule has 0 radical (unpaired) electrons. The molecule has 2 N–H and O–H groups in total. The van der Waals surface area contributed by atoms with Gasteiger partial charge in [0.25, 0.3) is 0 Å². The Balaban J connectivity index is 2.41. The van der Waals surface area contributed by atoms with Crippen LogP contribution in [0.4, 0.5) is 0 Å². The van der Waals surface area contributed by atoms with Crippen LogP contribution in [0.25, 0.3) is 0 Å². The quantitative estimate of drug-likeness (QED) is 0.756. The first-order chi connectivity index (χ1) is 6.61. The lowest BCUT2D eigenvalue weighted by molar-refractivity contribution is 0.312. The van der Waals surface area contributed by atoms with Crippen molar-refractivity contribution in [3.05, 3.63) is 18.0 Å². The van der Waals surface area contributed by atoms with Crippen LogP contribution in [-0.2, 0) is 6.54 Å². The van der Waals surface area contributed by atoms with E-state index in [0.717, 1.165) is 12.2 Å². The highest BCUT2D eigenvalue weighted by atomic mass is 15.1. The minimum absolute atomic E-state index is 0.568. The van der Waals surface area contributed by atoms with Crippen molar-refractivity contribution >= 4 is 0 Å². The van der Waals surface area contributed by atoms with Gasteiger partial charge >= 0.3 is 0 Å². The highest BCUT2D eigenvalue weighted by Crippen LogP contribution is 2.12. The molecule has 0 amide bonds. The van der Waals surface area contributed by atoms with Crippen molar-refractivity contribution < 1.29 is 0 Å². The molecule has 0 bridgehead atoms. The van der Waals surface area contributed by atoms with Crippen LogP contribution in [0.2, 0.25) is 0 Å². The van der Waals surface area contributed by atoms with Crippen molar-refractivity contribution in [2.24, 2.45) is 11.8 Å². The topological polar surface area (TPSA) is 40.7 Å². The van der Waals surface area contributed by atoms with Gasteiger partial charge in [-0.2, -0.15) is 5.10 Å². The maximum Gasteiger partial charge on any atom is 0.0490 e. The molecule has 1 rings (SSSR count). The molecule has 0 aliphatic rings. The number of aromatic amines is 1. The third-order valence-corrected chi connectivity index (χ3v) is 2.52. The molecule has 1 aromatic heterocycles. The Kier molecular flexibility index (Phi) is 4.14. The molecule has 0 saturated heterocycles. The molecule has 3 heteroatoms. The minimum Gasteiger partial charge on any atom is -0.308 e. The van der Waals surface area contributed by atoms with Gasteiger partial charge in [-0.15, -0.1) is 0 Å². The van der Waals surface area contributed by atoms with E-state index in [0.29, 0.717) is 17.9 Å². The van der Waals surface area contributed by atoms with Crippen molar-refractivity contribution in [2.75, 3.05) is 0 Å². The van der Waals surface area contributed by atoms with Crippen LogP contribution >= 0.6 is 0 Å². The van der Waals surface area contributed by atoms with Crippen LogP contribution in [-0.4, -0.2) is 16.2 Å². The van der Waals surface area contributed by atoms with Crippen LogP contribution < -0.4 is 5.32 Å². The largest absolute Gasteiger partial charge is 0.308 e. The van der Waals surface area contributed by atoms with E-state index in [1.807, 2.05) is 6.07 Å². The Hall–Kier alpha value is -0.830. The van der Waals surface area contributed by atoms with Gasteiger partial charge in [0.2, 0.25) is 0 Å². The van der Waals surface area contributed by atoms with E-state index in [4.69, 9.17) is 0 Å². The molecule has 0 aliphatic carbocycles. The summed E-state index contributed by atoms with van der Waals surface area (Å²) in [5.74, 6) is 1.33. The maximum absolute atomic E-state index is 3.92. The van der Waals surface area contributed by atoms with Crippen LogP contribution in [0.3, 0.4) is 0 Å². The third kappa shape index (κ3) is 3.14. The number of rotatable bonds is 5. The van der Waals surface area contributed by atoms with Gasteiger partial charge in [-0.3, -0.25) is 5.10 Å². The number of hydrogen-bond donors (Lipinski definition) is 2. The Morgan fingerprint density at radius 3 is 2.36 bits per heavy atom. The van der Waals surface area contributed by atoms with Crippen molar-refractivity contribution in [3.8, 4) is 0 Å². The molecule has 0 aliphatic heterocycles. The molecule has 1 aromatic rings. The summed E-state index contributed by atoms with van der Waals surface area (Å²) in [5.41, 5.74) is 1.15. The zero-order valence-electron chi connectivity index (χ0n) is 9.54. The molecule has 80 valence electrons. The second-order valence-electron chi connectivity index (χ2n) is 4.48. The Morgan fingerprint density at radius 1 is 1.29 bits per heavy atom. The van der Waals surface area contributed by atoms with E-state index in [2.05, 4.69) is 43.2 Å². The lowest BCUT2D eigenvalue weighted by atomic mass is 9.93. The van der Waals surface area contributed by atoms with Crippen LogP contribution in [0.1, 0.15) is 33.4 Å². The predicted molar refractivity (Wildman–Crippen MR) is 58.9 cm³/mol.